The van der Waals surface area contributed by atoms with Crippen molar-refractivity contribution in [2.24, 2.45) is 0 Å². The van der Waals surface area contributed by atoms with E-state index in [0.29, 0.717) is 24.5 Å². The number of hydrogen-bond donors (Lipinski definition) is 1. The van der Waals surface area contributed by atoms with Gasteiger partial charge in [0.15, 0.2) is 0 Å². The summed E-state index contributed by atoms with van der Waals surface area (Å²) in [7, 11) is 0. The van der Waals surface area contributed by atoms with Gasteiger partial charge in [-0.05, 0) is 41.5 Å². The van der Waals surface area contributed by atoms with E-state index in [1.54, 1.807) is 24.4 Å². The fourth-order valence-corrected chi connectivity index (χ4v) is 2.46. The molecule has 2 aromatic carbocycles. The molecule has 0 atom stereocenters. The van der Waals surface area contributed by atoms with Crippen molar-refractivity contribution < 1.29 is 13.9 Å². The number of carbonyl (C=O) groups is 1. The number of nitrogens with zero attached hydrogens (tertiary/aromatic N) is 1. The van der Waals surface area contributed by atoms with E-state index in [0.717, 1.165) is 11.3 Å². The van der Waals surface area contributed by atoms with Gasteiger partial charge in [-0.2, -0.15) is 0 Å². The van der Waals surface area contributed by atoms with E-state index < -0.39 is 0 Å². The molecule has 0 aliphatic heterocycles. The number of pyridine rings is 1. The molecule has 0 unspecified atom stereocenters. The third-order valence-corrected chi connectivity index (χ3v) is 3.81. The smallest absolute Gasteiger partial charge is 0.224 e. The Morgan fingerprint density at radius 2 is 1.88 bits per heavy atom. The molecule has 4 nitrogen and oxygen atoms in total. The number of halogens is 1. The topological polar surface area (TPSA) is 51.2 Å². The maximum absolute atomic E-state index is 13.6. The van der Waals surface area contributed by atoms with Crippen molar-refractivity contribution in [3.8, 4) is 5.75 Å². The van der Waals surface area contributed by atoms with Crippen molar-refractivity contribution in [2.75, 3.05) is 0 Å². The average Bonchev–Trinajstić information content (AvgIpc) is 2.68. The monoisotopic (exact) mass is 350 g/mol. The first-order chi connectivity index (χ1) is 12.7. The Labute approximate surface area is 151 Å². The summed E-state index contributed by atoms with van der Waals surface area (Å²) >= 11 is 0. The SMILES string of the molecule is O=C(Cc1ccccc1F)NCc1cccc(OCc2ccccn2)c1. The first-order valence-corrected chi connectivity index (χ1v) is 8.32. The second-order valence-electron chi connectivity index (χ2n) is 5.80. The van der Waals surface area contributed by atoms with E-state index in [9.17, 15) is 9.18 Å². The van der Waals surface area contributed by atoms with Crippen LogP contribution in [0.15, 0.2) is 72.9 Å². The molecule has 3 rings (SSSR count). The lowest BCUT2D eigenvalue weighted by molar-refractivity contribution is -0.120. The standard InChI is InChI=1S/C21H19FN2O2/c22-20-10-2-1-7-17(20)13-21(25)24-14-16-6-5-9-19(12-16)26-15-18-8-3-4-11-23-18/h1-12H,13-15H2,(H,24,25). The van der Waals surface area contributed by atoms with Crippen LogP contribution in [0.25, 0.3) is 0 Å². The van der Waals surface area contributed by atoms with Crippen LogP contribution >= 0.6 is 0 Å². The van der Waals surface area contributed by atoms with Crippen LogP contribution in [0.2, 0.25) is 0 Å². The van der Waals surface area contributed by atoms with Crippen molar-refractivity contribution >= 4 is 5.91 Å². The first-order valence-electron chi connectivity index (χ1n) is 8.32. The van der Waals surface area contributed by atoms with Gasteiger partial charge in [0.2, 0.25) is 5.91 Å². The molecular formula is C21H19FN2O2. The van der Waals surface area contributed by atoms with Gasteiger partial charge in [0.1, 0.15) is 18.2 Å². The van der Waals surface area contributed by atoms with Gasteiger partial charge in [0.25, 0.3) is 0 Å². The maximum atomic E-state index is 13.6. The van der Waals surface area contributed by atoms with Crippen molar-refractivity contribution in [3.63, 3.8) is 0 Å². The Hall–Kier alpha value is -3.21. The minimum Gasteiger partial charge on any atom is -0.487 e. The second-order valence-corrected chi connectivity index (χ2v) is 5.80. The van der Waals surface area contributed by atoms with Crippen LogP contribution in [0.5, 0.6) is 5.75 Å². The molecule has 0 radical (unpaired) electrons. The van der Waals surface area contributed by atoms with Gasteiger partial charge in [-0.25, -0.2) is 4.39 Å². The highest BCUT2D eigenvalue weighted by Gasteiger charge is 2.07. The molecule has 1 aromatic heterocycles. The van der Waals surface area contributed by atoms with E-state index in [1.165, 1.54) is 6.07 Å². The van der Waals surface area contributed by atoms with Gasteiger partial charge in [0.05, 0.1) is 12.1 Å². The van der Waals surface area contributed by atoms with Crippen molar-refractivity contribution in [1.29, 1.82) is 0 Å². The lowest BCUT2D eigenvalue weighted by Crippen LogP contribution is -2.24. The Morgan fingerprint density at radius 3 is 2.69 bits per heavy atom. The largest absolute Gasteiger partial charge is 0.487 e. The van der Waals surface area contributed by atoms with Crippen LogP contribution in [0, 0.1) is 5.82 Å². The number of aromatic nitrogens is 1. The molecular weight excluding hydrogens is 331 g/mol. The molecule has 26 heavy (non-hydrogen) atoms. The summed E-state index contributed by atoms with van der Waals surface area (Å²) in [6, 6.07) is 19.4. The van der Waals surface area contributed by atoms with Crippen LogP contribution in [0.4, 0.5) is 4.39 Å². The van der Waals surface area contributed by atoms with Gasteiger partial charge in [-0.1, -0.05) is 36.4 Å². The first kappa shape index (κ1) is 17.6. The summed E-state index contributed by atoms with van der Waals surface area (Å²) in [6.07, 6.45) is 1.74. The number of nitrogens with one attached hydrogen (secondary N) is 1. The quantitative estimate of drug-likeness (QED) is 0.707. The highest BCUT2D eigenvalue weighted by molar-refractivity contribution is 5.78. The summed E-state index contributed by atoms with van der Waals surface area (Å²) in [5.41, 5.74) is 2.14. The minimum atomic E-state index is -0.368. The summed E-state index contributed by atoms with van der Waals surface area (Å²) < 4.78 is 19.3. The van der Waals surface area contributed by atoms with Crippen LogP contribution in [-0.4, -0.2) is 10.9 Å². The number of ether oxygens (including phenoxy) is 1. The predicted octanol–water partition coefficient (Wildman–Crippen LogP) is 3.66. The number of amides is 1. The summed E-state index contributed by atoms with van der Waals surface area (Å²) in [6.45, 7) is 0.734. The Balaban J connectivity index is 1.52. The van der Waals surface area contributed by atoms with Crippen molar-refractivity contribution in [3.05, 3.63) is 95.6 Å². The zero-order chi connectivity index (χ0) is 18.2. The van der Waals surface area contributed by atoms with Crippen LogP contribution < -0.4 is 10.1 Å². The molecule has 0 saturated heterocycles. The molecule has 3 aromatic rings. The maximum Gasteiger partial charge on any atom is 0.224 e. The highest BCUT2D eigenvalue weighted by atomic mass is 19.1. The van der Waals surface area contributed by atoms with Gasteiger partial charge in [0, 0.05) is 12.7 Å². The Morgan fingerprint density at radius 1 is 1.04 bits per heavy atom. The second kappa shape index (κ2) is 8.76. The van der Waals surface area contributed by atoms with Gasteiger partial charge < -0.3 is 10.1 Å². The summed E-state index contributed by atoms with van der Waals surface area (Å²) in [4.78, 5) is 16.2. The molecule has 0 fully saturated rings. The van der Waals surface area contributed by atoms with Crippen LogP contribution in [0.1, 0.15) is 16.8 Å². The molecule has 132 valence electrons. The third kappa shape index (κ3) is 5.14. The molecule has 1 heterocycles. The van der Waals surface area contributed by atoms with Crippen LogP contribution in [-0.2, 0) is 24.4 Å². The van der Waals surface area contributed by atoms with Crippen LogP contribution in [0.3, 0.4) is 0 Å². The molecule has 0 spiro atoms. The molecule has 0 aliphatic rings. The Bertz CT molecular complexity index is 869. The zero-order valence-corrected chi connectivity index (χ0v) is 14.2. The van der Waals surface area contributed by atoms with E-state index in [1.807, 2.05) is 42.5 Å². The van der Waals surface area contributed by atoms with Gasteiger partial charge in [-0.15, -0.1) is 0 Å². The lowest BCUT2D eigenvalue weighted by Gasteiger charge is -2.09. The normalized spacial score (nSPS) is 10.3. The summed E-state index contributed by atoms with van der Waals surface area (Å²) in [5, 5.41) is 2.80. The number of benzene rings is 2. The number of hydrogen-bond acceptors (Lipinski definition) is 3. The molecule has 5 heteroatoms. The number of rotatable bonds is 7. The van der Waals surface area contributed by atoms with Gasteiger partial charge >= 0.3 is 0 Å². The summed E-state index contributed by atoms with van der Waals surface area (Å²) in [5.74, 6) is 0.110. The third-order valence-electron chi connectivity index (χ3n) is 3.81. The molecule has 0 saturated carbocycles. The minimum absolute atomic E-state index is 0.0164. The van der Waals surface area contributed by atoms with E-state index >= 15 is 0 Å². The lowest BCUT2D eigenvalue weighted by atomic mass is 10.1. The molecule has 0 aliphatic carbocycles. The predicted molar refractivity (Wildman–Crippen MR) is 97.0 cm³/mol. The van der Waals surface area contributed by atoms with E-state index in [4.69, 9.17) is 4.74 Å². The fourth-order valence-electron chi connectivity index (χ4n) is 2.46. The van der Waals surface area contributed by atoms with Crippen molar-refractivity contribution in [1.82, 2.24) is 10.3 Å². The molecule has 1 amide bonds. The fraction of sp³-hybridized carbons (Fsp3) is 0.143. The highest BCUT2D eigenvalue weighted by Crippen LogP contribution is 2.15. The van der Waals surface area contributed by atoms with E-state index in [2.05, 4.69) is 10.3 Å². The van der Waals surface area contributed by atoms with E-state index in [-0.39, 0.29) is 18.1 Å². The Kier molecular flexibility index (Phi) is 5.93. The average molecular weight is 350 g/mol. The zero-order valence-electron chi connectivity index (χ0n) is 14.2. The number of carbonyl (C=O) groups excluding carboxylic acids is 1. The molecule has 1 N–H and O–H groups in total. The van der Waals surface area contributed by atoms with Gasteiger partial charge in [-0.3, -0.25) is 9.78 Å². The van der Waals surface area contributed by atoms with Crippen molar-refractivity contribution in [2.45, 2.75) is 19.6 Å². The molecule has 0 bridgehead atoms.